The Morgan fingerprint density at radius 2 is 2.23 bits per heavy atom. The van der Waals surface area contributed by atoms with Gasteiger partial charge in [0, 0.05) is 0 Å². The molecule has 0 aliphatic carbocycles. The van der Waals surface area contributed by atoms with Crippen molar-refractivity contribution in [3.05, 3.63) is 34.1 Å². The summed E-state index contributed by atoms with van der Waals surface area (Å²) in [5.74, 6) is -2.26. The lowest BCUT2D eigenvalue weighted by molar-refractivity contribution is 0.0696. The third kappa shape index (κ3) is 1.76. The highest BCUT2D eigenvalue weighted by Gasteiger charge is 2.14. The van der Waals surface area contributed by atoms with Gasteiger partial charge >= 0.3 is 5.97 Å². The van der Waals surface area contributed by atoms with Crippen LogP contribution in [-0.2, 0) is 0 Å². The van der Waals surface area contributed by atoms with Crippen LogP contribution in [0.5, 0.6) is 0 Å². The number of carboxylic acid groups (broad SMARTS) is 1. The molecule has 0 aliphatic rings. The lowest BCUT2D eigenvalue weighted by Gasteiger charge is -1.99. The molecule has 0 spiro atoms. The first kappa shape index (κ1) is 9.49. The van der Waals surface area contributed by atoms with E-state index in [-0.39, 0.29) is 5.56 Å². The molecule has 0 amide bonds. The smallest absolute Gasteiger partial charge is 0.337 e. The van der Waals surface area contributed by atoms with Crippen LogP contribution in [0.4, 0.5) is 4.39 Å². The maximum atomic E-state index is 12.8. The molecule has 0 aromatic heterocycles. The zero-order valence-corrected chi connectivity index (χ0v) is 6.97. The molecule has 3 nitrogen and oxygen atoms in total. The van der Waals surface area contributed by atoms with E-state index in [2.05, 4.69) is 0 Å². The first-order chi connectivity index (χ1) is 6.06. The van der Waals surface area contributed by atoms with Crippen LogP contribution >= 0.6 is 11.6 Å². The summed E-state index contributed by atoms with van der Waals surface area (Å²) < 4.78 is 12.8. The van der Waals surface area contributed by atoms with E-state index in [0.29, 0.717) is 0 Å². The molecule has 5 heteroatoms. The van der Waals surface area contributed by atoms with Gasteiger partial charge in [-0.2, -0.15) is 5.26 Å². The van der Waals surface area contributed by atoms with Crippen molar-refractivity contribution < 1.29 is 14.3 Å². The Bertz CT molecular complexity index is 411. The molecule has 0 saturated carbocycles. The number of hydrogen-bond donors (Lipinski definition) is 1. The van der Waals surface area contributed by atoms with Gasteiger partial charge in [0.05, 0.1) is 22.2 Å². The average molecular weight is 200 g/mol. The van der Waals surface area contributed by atoms with E-state index in [4.69, 9.17) is 22.0 Å². The second-order valence-corrected chi connectivity index (χ2v) is 2.61. The van der Waals surface area contributed by atoms with Crippen LogP contribution in [0.15, 0.2) is 12.1 Å². The van der Waals surface area contributed by atoms with Gasteiger partial charge in [0.1, 0.15) is 5.82 Å². The van der Waals surface area contributed by atoms with E-state index >= 15 is 0 Å². The predicted molar refractivity (Wildman–Crippen MR) is 43.1 cm³/mol. The predicted octanol–water partition coefficient (Wildman–Crippen LogP) is 2.05. The lowest BCUT2D eigenvalue weighted by Crippen LogP contribution is -2.00. The van der Waals surface area contributed by atoms with Gasteiger partial charge in [-0.1, -0.05) is 11.6 Å². The Labute approximate surface area is 78.0 Å². The molecule has 66 valence electrons. The summed E-state index contributed by atoms with van der Waals surface area (Å²) in [6, 6.07) is 3.53. The number of rotatable bonds is 1. The van der Waals surface area contributed by atoms with Gasteiger partial charge in [-0.05, 0) is 12.1 Å². The monoisotopic (exact) mass is 199 g/mol. The topological polar surface area (TPSA) is 61.1 Å². The van der Waals surface area contributed by atoms with Crippen molar-refractivity contribution in [2.75, 3.05) is 0 Å². The van der Waals surface area contributed by atoms with E-state index in [0.717, 1.165) is 12.1 Å². The zero-order valence-electron chi connectivity index (χ0n) is 6.21. The maximum absolute atomic E-state index is 12.8. The minimum absolute atomic E-state index is 0.0701. The fraction of sp³-hybridized carbons (Fsp3) is 0. The maximum Gasteiger partial charge on any atom is 0.337 e. The summed E-state index contributed by atoms with van der Waals surface area (Å²) >= 11 is 5.35. The van der Waals surface area contributed by atoms with Crippen LogP contribution < -0.4 is 0 Å². The number of benzene rings is 1. The molecule has 0 aliphatic heterocycles. The second kappa shape index (κ2) is 3.42. The Morgan fingerprint density at radius 3 is 2.69 bits per heavy atom. The summed E-state index contributed by atoms with van der Waals surface area (Å²) in [7, 11) is 0. The highest BCUT2D eigenvalue weighted by atomic mass is 35.5. The Morgan fingerprint density at radius 1 is 1.62 bits per heavy atom. The number of nitriles is 1. The Kier molecular flexibility index (Phi) is 2.49. The number of carbonyl (C=O) groups is 1. The van der Waals surface area contributed by atoms with E-state index in [9.17, 15) is 9.18 Å². The zero-order chi connectivity index (χ0) is 10.0. The molecule has 13 heavy (non-hydrogen) atoms. The van der Waals surface area contributed by atoms with Crippen molar-refractivity contribution >= 4 is 17.6 Å². The summed E-state index contributed by atoms with van der Waals surface area (Å²) in [4.78, 5) is 10.5. The molecule has 0 radical (unpaired) electrons. The molecule has 1 aromatic carbocycles. The average Bonchev–Trinajstić information content (AvgIpc) is 2.09. The first-order valence-electron chi connectivity index (χ1n) is 3.18. The molecule has 0 saturated heterocycles. The summed E-state index contributed by atoms with van der Waals surface area (Å²) in [5.41, 5.74) is -0.475. The molecule has 1 rings (SSSR count). The van der Waals surface area contributed by atoms with Crippen LogP contribution in [0, 0.1) is 17.1 Å². The SMILES string of the molecule is N#Cc1cc(F)c(Cl)c(C(=O)O)c1. The number of hydrogen-bond acceptors (Lipinski definition) is 2. The minimum atomic E-state index is -1.36. The van der Waals surface area contributed by atoms with Gasteiger partial charge in [0.25, 0.3) is 0 Å². The minimum Gasteiger partial charge on any atom is -0.478 e. The van der Waals surface area contributed by atoms with Gasteiger partial charge in [0.15, 0.2) is 0 Å². The standard InChI is InChI=1S/C8H3ClFNO2/c9-7-5(8(12)13)1-4(3-11)2-6(7)10/h1-2H,(H,12,13). The second-order valence-electron chi connectivity index (χ2n) is 2.24. The van der Waals surface area contributed by atoms with Crippen molar-refractivity contribution in [3.63, 3.8) is 0 Å². The number of carboxylic acids is 1. The van der Waals surface area contributed by atoms with Gasteiger partial charge in [-0.15, -0.1) is 0 Å². The summed E-state index contributed by atoms with van der Waals surface area (Å²) in [6.07, 6.45) is 0. The van der Waals surface area contributed by atoms with Crippen molar-refractivity contribution in [2.24, 2.45) is 0 Å². The highest BCUT2D eigenvalue weighted by Crippen LogP contribution is 2.21. The van der Waals surface area contributed by atoms with Crippen LogP contribution in [0.3, 0.4) is 0 Å². The first-order valence-corrected chi connectivity index (χ1v) is 3.56. The number of aromatic carboxylic acids is 1. The Balaban J connectivity index is 3.44. The number of halogens is 2. The van der Waals surface area contributed by atoms with Crippen LogP contribution in [0.25, 0.3) is 0 Å². The summed E-state index contributed by atoms with van der Waals surface area (Å²) in [5, 5.41) is 16.5. The molecular formula is C8H3ClFNO2. The third-order valence-corrected chi connectivity index (χ3v) is 1.77. The van der Waals surface area contributed by atoms with Crippen molar-refractivity contribution in [2.45, 2.75) is 0 Å². The molecule has 0 bridgehead atoms. The van der Waals surface area contributed by atoms with Crippen molar-refractivity contribution in [3.8, 4) is 6.07 Å². The van der Waals surface area contributed by atoms with Gasteiger partial charge in [0.2, 0.25) is 0 Å². The normalized spacial score (nSPS) is 9.31. The van der Waals surface area contributed by atoms with Gasteiger partial charge < -0.3 is 5.11 Å². The molecule has 0 atom stereocenters. The highest BCUT2D eigenvalue weighted by molar-refractivity contribution is 6.33. The molecule has 1 aromatic rings. The third-order valence-electron chi connectivity index (χ3n) is 1.39. The van der Waals surface area contributed by atoms with E-state index < -0.39 is 22.4 Å². The van der Waals surface area contributed by atoms with Gasteiger partial charge in [-0.3, -0.25) is 0 Å². The largest absolute Gasteiger partial charge is 0.478 e. The van der Waals surface area contributed by atoms with Crippen LogP contribution in [-0.4, -0.2) is 11.1 Å². The van der Waals surface area contributed by atoms with E-state index in [1.807, 2.05) is 0 Å². The molecule has 0 unspecified atom stereocenters. The number of nitrogens with zero attached hydrogens (tertiary/aromatic N) is 1. The van der Waals surface area contributed by atoms with E-state index in [1.165, 1.54) is 0 Å². The molecule has 0 heterocycles. The van der Waals surface area contributed by atoms with Crippen LogP contribution in [0.2, 0.25) is 5.02 Å². The molecule has 0 fully saturated rings. The quantitative estimate of drug-likeness (QED) is 0.753. The van der Waals surface area contributed by atoms with E-state index in [1.54, 1.807) is 6.07 Å². The summed E-state index contributed by atoms with van der Waals surface area (Å²) in [6.45, 7) is 0. The molecule has 1 N–H and O–H groups in total. The van der Waals surface area contributed by atoms with Gasteiger partial charge in [-0.25, -0.2) is 9.18 Å². The van der Waals surface area contributed by atoms with Crippen molar-refractivity contribution in [1.82, 2.24) is 0 Å². The fourth-order valence-electron chi connectivity index (χ4n) is 0.809. The fourth-order valence-corrected chi connectivity index (χ4v) is 0.999. The lowest BCUT2D eigenvalue weighted by atomic mass is 10.1. The molecular weight excluding hydrogens is 197 g/mol. The van der Waals surface area contributed by atoms with Crippen LogP contribution in [0.1, 0.15) is 15.9 Å². The Hall–Kier alpha value is -1.60. The van der Waals surface area contributed by atoms with Crippen molar-refractivity contribution in [1.29, 1.82) is 5.26 Å².